The molecule has 0 fully saturated rings. The van der Waals surface area contributed by atoms with Crippen LogP contribution in [0.15, 0.2) is 36.0 Å². The van der Waals surface area contributed by atoms with E-state index in [-0.39, 0.29) is 17.8 Å². The van der Waals surface area contributed by atoms with Gasteiger partial charge < -0.3 is 15.4 Å². The van der Waals surface area contributed by atoms with E-state index in [0.717, 1.165) is 21.8 Å². The molecule has 1 aliphatic heterocycles. The van der Waals surface area contributed by atoms with Crippen LogP contribution in [-0.2, 0) is 11.3 Å². The summed E-state index contributed by atoms with van der Waals surface area (Å²) in [6.07, 6.45) is 1.64. The lowest BCUT2D eigenvalue weighted by Crippen LogP contribution is -2.20. The molecule has 0 radical (unpaired) electrons. The first kappa shape index (κ1) is 12.2. The van der Waals surface area contributed by atoms with Crippen LogP contribution in [0.4, 0.5) is 0 Å². The van der Waals surface area contributed by atoms with Crippen LogP contribution < -0.4 is 5.73 Å². The van der Waals surface area contributed by atoms with Crippen LogP contribution in [0.2, 0.25) is 5.02 Å². The predicted octanol–water partition coefficient (Wildman–Crippen LogP) is 2.61. The third-order valence-electron chi connectivity index (χ3n) is 3.89. The van der Waals surface area contributed by atoms with Gasteiger partial charge in [0.05, 0.1) is 23.3 Å². The third-order valence-corrected chi connectivity index (χ3v) is 4.12. The molecule has 0 unspecified atom stereocenters. The van der Waals surface area contributed by atoms with Gasteiger partial charge in [0, 0.05) is 27.5 Å². The fourth-order valence-corrected chi connectivity index (χ4v) is 3.13. The Morgan fingerprint density at radius 1 is 1.33 bits per heavy atom. The molecule has 0 aliphatic carbocycles. The molecule has 21 heavy (non-hydrogen) atoms. The molecule has 0 atom stereocenters. The average Bonchev–Trinajstić information content (AvgIpc) is 2.77. The van der Waals surface area contributed by atoms with Crippen molar-refractivity contribution in [3.05, 3.63) is 46.8 Å². The molecule has 6 heteroatoms. The highest BCUT2D eigenvalue weighted by Gasteiger charge is 2.26. The molecule has 5 nitrogen and oxygen atoms in total. The standard InChI is InChI=1S/C15H10ClN3O2/c16-7-1-2-11-9(5-7)8-3-4-18-13-12(17)10(15(20)21)6-19(11)14(8)13/h1-5H,6,17H2,(H,20,21). The van der Waals surface area contributed by atoms with E-state index in [4.69, 9.17) is 17.3 Å². The van der Waals surface area contributed by atoms with Gasteiger partial charge in [0.25, 0.3) is 0 Å². The van der Waals surface area contributed by atoms with Crippen LogP contribution in [0.5, 0.6) is 0 Å². The lowest BCUT2D eigenvalue weighted by Gasteiger charge is -2.18. The topological polar surface area (TPSA) is 81.1 Å². The van der Waals surface area contributed by atoms with E-state index < -0.39 is 5.97 Å². The molecule has 0 bridgehead atoms. The van der Waals surface area contributed by atoms with Gasteiger partial charge in [-0.1, -0.05) is 11.6 Å². The third kappa shape index (κ3) is 1.52. The van der Waals surface area contributed by atoms with E-state index in [0.29, 0.717) is 10.7 Å². The van der Waals surface area contributed by atoms with Crippen LogP contribution in [0.25, 0.3) is 27.5 Å². The van der Waals surface area contributed by atoms with Crippen LogP contribution >= 0.6 is 11.6 Å². The molecule has 1 aromatic carbocycles. The Hall–Kier alpha value is -2.53. The van der Waals surface area contributed by atoms with Crippen molar-refractivity contribution in [2.75, 3.05) is 0 Å². The Morgan fingerprint density at radius 2 is 2.14 bits per heavy atom. The Morgan fingerprint density at radius 3 is 2.90 bits per heavy atom. The number of fused-ring (bicyclic) bond motifs is 3. The molecule has 3 N–H and O–H groups in total. The van der Waals surface area contributed by atoms with Crippen molar-refractivity contribution in [2.45, 2.75) is 6.54 Å². The van der Waals surface area contributed by atoms with Crippen molar-refractivity contribution < 1.29 is 9.90 Å². The molecule has 0 amide bonds. The van der Waals surface area contributed by atoms with E-state index in [1.165, 1.54) is 0 Å². The largest absolute Gasteiger partial charge is 0.478 e. The molecular weight excluding hydrogens is 290 g/mol. The molecule has 4 rings (SSSR count). The summed E-state index contributed by atoms with van der Waals surface area (Å²) in [4.78, 5) is 15.7. The lowest BCUT2D eigenvalue weighted by atomic mass is 10.1. The van der Waals surface area contributed by atoms with Gasteiger partial charge in [-0.15, -0.1) is 0 Å². The van der Waals surface area contributed by atoms with Crippen molar-refractivity contribution in [1.82, 2.24) is 9.55 Å². The maximum Gasteiger partial charge on any atom is 0.335 e. The molecule has 0 saturated heterocycles. The molecule has 2 aromatic heterocycles. The van der Waals surface area contributed by atoms with E-state index >= 15 is 0 Å². The maximum atomic E-state index is 11.4. The van der Waals surface area contributed by atoms with Gasteiger partial charge in [0.1, 0.15) is 5.69 Å². The minimum atomic E-state index is -1.02. The number of nitrogens with two attached hydrogens (primary N) is 1. The van der Waals surface area contributed by atoms with Crippen molar-refractivity contribution in [2.24, 2.45) is 5.73 Å². The molecule has 3 heterocycles. The number of carboxylic acid groups (broad SMARTS) is 1. The summed E-state index contributed by atoms with van der Waals surface area (Å²) in [7, 11) is 0. The van der Waals surface area contributed by atoms with Gasteiger partial charge in [-0.05, 0) is 24.3 Å². The molecule has 104 valence electrons. The first-order valence-electron chi connectivity index (χ1n) is 6.36. The second-order valence-corrected chi connectivity index (χ2v) is 5.44. The van der Waals surface area contributed by atoms with Crippen LogP contribution in [0, 0.1) is 0 Å². The van der Waals surface area contributed by atoms with Gasteiger partial charge >= 0.3 is 5.97 Å². The lowest BCUT2D eigenvalue weighted by molar-refractivity contribution is -0.132. The summed E-state index contributed by atoms with van der Waals surface area (Å²) < 4.78 is 1.93. The fraction of sp³-hybridized carbons (Fsp3) is 0.0667. The van der Waals surface area contributed by atoms with E-state index in [9.17, 15) is 9.90 Å². The quantitative estimate of drug-likeness (QED) is 0.723. The number of aliphatic carboxylic acids is 1. The second-order valence-electron chi connectivity index (χ2n) is 5.00. The summed E-state index contributed by atoms with van der Waals surface area (Å²) in [5.41, 5.74) is 8.69. The minimum Gasteiger partial charge on any atom is -0.478 e. The summed E-state index contributed by atoms with van der Waals surface area (Å²) in [5, 5.41) is 11.9. The zero-order chi connectivity index (χ0) is 14.7. The van der Waals surface area contributed by atoms with Crippen LogP contribution in [0.3, 0.4) is 0 Å². The summed E-state index contributed by atoms with van der Waals surface area (Å²) in [6, 6.07) is 7.46. The highest BCUT2D eigenvalue weighted by atomic mass is 35.5. The van der Waals surface area contributed by atoms with Gasteiger partial charge in [-0.25, -0.2) is 4.79 Å². The zero-order valence-corrected chi connectivity index (χ0v) is 11.6. The SMILES string of the molecule is NC1=C(C(=O)O)Cn2c3ccc(Cl)cc3c3ccnc1c32. The predicted molar refractivity (Wildman–Crippen MR) is 81.0 cm³/mol. The molecule has 0 saturated carbocycles. The normalized spacial score (nSPS) is 14.1. The number of halogens is 1. The minimum absolute atomic E-state index is 0.162. The Balaban J connectivity index is 2.21. The van der Waals surface area contributed by atoms with Crippen molar-refractivity contribution in [3.8, 4) is 0 Å². The highest BCUT2D eigenvalue weighted by Crippen LogP contribution is 2.37. The maximum absolute atomic E-state index is 11.4. The molecule has 0 spiro atoms. The van der Waals surface area contributed by atoms with Crippen molar-refractivity contribution in [1.29, 1.82) is 0 Å². The summed E-state index contributed by atoms with van der Waals surface area (Å²) >= 11 is 6.08. The van der Waals surface area contributed by atoms with Crippen molar-refractivity contribution in [3.63, 3.8) is 0 Å². The number of hydrogen-bond donors (Lipinski definition) is 2. The first-order chi connectivity index (χ1) is 10.1. The van der Waals surface area contributed by atoms with Crippen LogP contribution in [-0.4, -0.2) is 20.6 Å². The Labute approximate surface area is 124 Å². The van der Waals surface area contributed by atoms with E-state index in [2.05, 4.69) is 4.98 Å². The number of carboxylic acids is 1. The molecule has 1 aliphatic rings. The number of aromatic nitrogens is 2. The number of pyridine rings is 1. The van der Waals surface area contributed by atoms with Gasteiger partial charge in [-0.3, -0.25) is 4.98 Å². The Bertz CT molecular complexity index is 972. The number of carbonyl (C=O) groups is 1. The fourth-order valence-electron chi connectivity index (χ4n) is 2.95. The highest BCUT2D eigenvalue weighted by molar-refractivity contribution is 6.32. The summed E-state index contributed by atoms with van der Waals surface area (Å²) in [5.74, 6) is -1.02. The number of hydrogen-bond acceptors (Lipinski definition) is 3. The average molecular weight is 300 g/mol. The molecule has 3 aromatic rings. The number of rotatable bonds is 1. The van der Waals surface area contributed by atoms with Gasteiger partial charge in [0.15, 0.2) is 0 Å². The summed E-state index contributed by atoms with van der Waals surface area (Å²) in [6.45, 7) is 0.224. The van der Waals surface area contributed by atoms with Crippen molar-refractivity contribution >= 4 is 45.1 Å². The van der Waals surface area contributed by atoms with E-state index in [1.807, 2.05) is 22.8 Å². The zero-order valence-electron chi connectivity index (χ0n) is 10.8. The van der Waals surface area contributed by atoms with E-state index in [1.54, 1.807) is 12.3 Å². The smallest absolute Gasteiger partial charge is 0.335 e. The van der Waals surface area contributed by atoms with Crippen LogP contribution in [0.1, 0.15) is 5.69 Å². The first-order valence-corrected chi connectivity index (χ1v) is 6.74. The molecular formula is C15H10ClN3O2. The number of nitrogens with zero attached hydrogens (tertiary/aromatic N) is 2. The monoisotopic (exact) mass is 299 g/mol. The van der Waals surface area contributed by atoms with Gasteiger partial charge in [0.2, 0.25) is 0 Å². The Kier molecular flexibility index (Phi) is 2.32. The number of benzene rings is 1. The second kappa shape index (κ2) is 3.99. The van der Waals surface area contributed by atoms with Gasteiger partial charge in [-0.2, -0.15) is 0 Å².